The summed E-state index contributed by atoms with van der Waals surface area (Å²) in [5.41, 5.74) is 1.07. The van der Waals surface area contributed by atoms with E-state index in [0.717, 1.165) is 36.1 Å². The molecule has 6 nitrogen and oxygen atoms in total. The van der Waals surface area contributed by atoms with Crippen LogP contribution in [0.1, 0.15) is 76.2 Å². The van der Waals surface area contributed by atoms with Gasteiger partial charge in [0.25, 0.3) is 0 Å². The van der Waals surface area contributed by atoms with Gasteiger partial charge in [0.15, 0.2) is 11.5 Å². The quantitative estimate of drug-likeness (QED) is 0.231. The summed E-state index contributed by atoms with van der Waals surface area (Å²) < 4.78 is 10.8. The molecule has 0 spiro atoms. The molecular weight excluding hydrogens is 472 g/mol. The lowest BCUT2D eigenvalue weighted by Crippen LogP contribution is -2.46. The minimum atomic E-state index is -0.0106. The van der Waals surface area contributed by atoms with Gasteiger partial charge >= 0.3 is 0 Å². The van der Waals surface area contributed by atoms with Crippen molar-refractivity contribution in [3.8, 4) is 11.5 Å². The number of amides is 2. The van der Waals surface area contributed by atoms with E-state index in [-0.39, 0.29) is 24.4 Å². The summed E-state index contributed by atoms with van der Waals surface area (Å²) in [5.74, 6) is 1.44. The Morgan fingerprint density at radius 3 is 2.36 bits per heavy atom. The third-order valence-electron chi connectivity index (χ3n) is 6.64. The van der Waals surface area contributed by atoms with Crippen LogP contribution in [0.15, 0.2) is 35.7 Å². The molecule has 2 aromatic rings. The van der Waals surface area contributed by atoms with Crippen LogP contribution in [0.4, 0.5) is 0 Å². The van der Waals surface area contributed by atoms with E-state index in [0.29, 0.717) is 37.4 Å². The highest BCUT2D eigenvalue weighted by Gasteiger charge is 2.25. The molecule has 0 fully saturated rings. The summed E-state index contributed by atoms with van der Waals surface area (Å²) in [5, 5.41) is 2.03. The second kappa shape index (κ2) is 16.3. The number of unbranched alkanes of at least 4 members (excludes halogenated alkanes) is 4. The van der Waals surface area contributed by atoms with Gasteiger partial charge in [0.2, 0.25) is 11.8 Å². The minimum Gasteiger partial charge on any atom is -0.493 e. The van der Waals surface area contributed by atoms with E-state index in [1.54, 1.807) is 30.5 Å². The van der Waals surface area contributed by atoms with E-state index in [1.165, 1.54) is 12.8 Å². The molecule has 1 aromatic carbocycles. The van der Waals surface area contributed by atoms with E-state index in [4.69, 9.17) is 9.47 Å². The summed E-state index contributed by atoms with van der Waals surface area (Å²) in [4.78, 5) is 31.5. The lowest BCUT2D eigenvalue weighted by molar-refractivity contribution is -0.142. The molecule has 1 atom stereocenters. The maximum Gasteiger partial charge on any atom is 0.242 e. The monoisotopic (exact) mass is 516 g/mol. The zero-order chi connectivity index (χ0) is 26.3. The first-order valence-corrected chi connectivity index (χ1v) is 14.1. The molecule has 0 aliphatic rings. The van der Waals surface area contributed by atoms with Gasteiger partial charge in [0.05, 0.1) is 27.3 Å². The molecule has 1 aromatic heterocycles. The van der Waals surface area contributed by atoms with Crippen molar-refractivity contribution in [3.05, 3.63) is 46.2 Å². The van der Waals surface area contributed by atoms with E-state index in [1.807, 2.05) is 41.5 Å². The summed E-state index contributed by atoms with van der Waals surface area (Å²) in [7, 11) is 3.24. The number of hydrogen-bond acceptors (Lipinski definition) is 5. The third kappa shape index (κ3) is 9.49. The summed E-state index contributed by atoms with van der Waals surface area (Å²) in [6.07, 6.45) is 7.53. The highest BCUT2D eigenvalue weighted by atomic mass is 32.1. The molecular formula is C29H44N2O4S. The maximum atomic E-state index is 13.6. The van der Waals surface area contributed by atoms with Crippen molar-refractivity contribution in [1.29, 1.82) is 0 Å². The Labute approximate surface area is 221 Å². The van der Waals surface area contributed by atoms with Crippen LogP contribution >= 0.6 is 11.3 Å². The first-order chi connectivity index (χ1) is 17.4. The largest absolute Gasteiger partial charge is 0.493 e. The van der Waals surface area contributed by atoms with Gasteiger partial charge in [-0.15, -0.1) is 11.3 Å². The summed E-state index contributed by atoms with van der Waals surface area (Å²) in [6.45, 7) is 7.52. The molecule has 0 radical (unpaired) electrons. The van der Waals surface area contributed by atoms with E-state index in [2.05, 4.69) is 19.9 Å². The van der Waals surface area contributed by atoms with Gasteiger partial charge in [-0.25, -0.2) is 0 Å². The highest BCUT2D eigenvalue weighted by molar-refractivity contribution is 7.09. The number of methoxy groups -OCH3 is 2. The van der Waals surface area contributed by atoms with Gasteiger partial charge in [-0.05, 0) is 55.3 Å². The maximum absolute atomic E-state index is 13.6. The molecule has 0 bridgehead atoms. The number of carbonyl (C=O) groups is 2. The van der Waals surface area contributed by atoms with Gasteiger partial charge in [-0.2, -0.15) is 0 Å². The average molecular weight is 517 g/mol. The van der Waals surface area contributed by atoms with Gasteiger partial charge in [0, 0.05) is 23.9 Å². The molecule has 2 amide bonds. The normalized spacial score (nSPS) is 11.7. The Bertz CT molecular complexity index is 916. The standard InChI is InChI=1S/C29H44N2O4S/c1-6-8-9-10-11-14-28(32)31(23(3)7-2)22-29(33)30(21-25-13-12-19-36-25)18-17-24-15-16-26(34-4)27(20-24)35-5/h12-13,15-16,19-20,23H,6-11,14,17-18,21-22H2,1-5H3. The Hall–Kier alpha value is -2.54. The molecule has 1 unspecified atom stereocenters. The fourth-order valence-corrected chi connectivity index (χ4v) is 4.88. The second-order valence-electron chi connectivity index (χ2n) is 9.28. The summed E-state index contributed by atoms with van der Waals surface area (Å²) in [6, 6.07) is 9.94. The lowest BCUT2D eigenvalue weighted by Gasteiger charge is -2.31. The zero-order valence-corrected chi connectivity index (χ0v) is 23.6. The number of ether oxygens (including phenoxy) is 2. The highest BCUT2D eigenvalue weighted by Crippen LogP contribution is 2.28. The fraction of sp³-hybridized carbons (Fsp3) is 0.586. The van der Waals surface area contributed by atoms with Crippen molar-refractivity contribution in [2.45, 2.75) is 84.7 Å². The Morgan fingerprint density at radius 2 is 1.72 bits per heavy atom. The van der Waals surface area contributed by atoms with Gasteiger partial charge in [-0.1, -0.05) is 51.7 Å². The molecule has 0 aliphatic heterocycles. The van der Waals surface area contributed by atoms with Crippen molar-refractivity contribution in [2.24, 2.45) is 0 Å². The molecule has 0 N–H and O–H groups in total. The SMILES string of the molecule is CCCCCCCC(=O)N(CC(=O)N(CCc1ccc(OC)c(OC)c1)Cc1cccs1)C(C)CC. The Balaban J connectivity index is 2.10. The summed E-state index contributed by atoms with van der Waals surface area (Å²) >= 11 is 1.64. The molecule has 0 aliphatic carbocycles. The van der Waals surface area contributed by atoms with Crippen LogP contribution in [0, 0.1) is 0 Å². The number of thiophene rings is 1. The van der Waals surface area contributed by atoms with Crippen LogP contribution in [0.25, 0.3) is 0 Å². The molecule has 0 saturated heterocycles. The van der Waals surface area contributed by atoms with Crippen LogP contribution in [-0.2, 0) is 22.6 Å². The first kappa shape index (κ1) is 29.7. The first-order valence-electron chi connectivity index (χ1n) is 13.2. The van der Waals surface area contributed by atoms with Gasteiger partial charge < -0.3 is 19.3 Å². The third-order valence-corrected chi connectivity index (χ3v) is 7.50. The molecule has 200 valence electrons. The van der Waals surface area contributed by atoms with E-state index < -0.39 is 0 Å². The van der Waals surface area contributed by atoms with Crippen LogP contribution in [-0.4, -0.2) is 55.0 Å². The van der Waals surface area contributed by atoms with Crippen LogP contribution in [0.5, 0.6) is 11.5 Å². The predicted molar refractivity (Wildman–Crippen MR) is 148 cm³/mol. The number of hydrogen-bond donors (Lipinski definition) is 0. The number of carbonyl (C=O) groups excluding carboxylic acids is 2. The molecule has 36 heavy (non-hydrogen) atoms. The molecule has 7 heteroatoms. The average Bonchev–Trinajstić information content (AvgIpc) is 3.41. The van der Waals surface area contributed by atoms with Crippen LogP contribution in [0.3, 0.4) is 0 Å². The Morgan fingerprint density at radius 1 is 0.972 bits per heavy atom. The number of nitrogens with zero attached hydrogens (tertiary/aromatic N) is 2. The molecule has 2 rings (SSSR count). The van der Waals surface area contributed by atoms with Crippen molar-refractivity contribution in [3.63, 3.8) is 0 Å². The van der Waals surface area contributed by atoms with Crippen molar-refractivity contribution >= 4 is 23.2 Å². The smallest absolute Gasteiger partial charge is 0.242 e. The van der Waals surface area contributed by atoms with Crippen LogP contribution in [0.2, 0.25) is 0 Å². The topological polar surface area (TPSA) is 59.1 Å². The van der Waals surface area contributed by atoms with E-state index >= 15 is 0 Å². The number of rotatable bonds is 17. The molecule has 1 heterocycles. The van der Waals surface area contributed by atoms with Crippen molar-refractivity contribution < 1.29 is 19.1 Å². The second-order valence-corrected chi connectivity index (χ2v) is 10.3. The predicted octanol–water partition coefficient (Wildman–Crippen LogP) is 6.32. The van der Waals surface area contributed by atoms with Crippen molar-refractivity contribution in [2.75, 3.05) is 27.3 Å². The number of benzene rings is 1. The van der Waals surface area contributed by atoms with E-state index in [9.17, 15) is 9.59 Å². The van der Waals surface area contributed by atoms with Gasteiger partial charge in [-0.3, -0.25) is 9.59 Å². The zero-order valence-electron chi connectivity index (χ0n) is 22.8. The fourth-order valence-electron chi connectivity index (χ4n) is 4.16. The lowest BCUT2D eigenvalue weighted by atomic mass is 10.1. The van der Waals surface area contributed by atoms with Gasteiger partial charge in [0.1, 0.15) is 0 Å². The van der Waals surface area contributed by atoms with Crippen LogP contribution < -0.4 is 9.47 Å². The molecule has 0 saturated carbocycles. The Kier molecular flexibility index (Phi) is 13.4. The van der Waals surface area contributed by atoms with Crippen molar-refractivity contribution in [1.82, 2.24) is 9.80 Å². The minimum absolute atomic E-state index is 0.0106.